The maximum absolute atomic E-state index is 14.7. The summed E-state index contributed by atoms with van der Waals surface area (Å²) in [4.78, 5) is 36.6. The molecule has 3 N–H and O–H groups in total. The molecule has 2 amide bonds. The topological polar surface area (TPSA) is 98.7 Å². The van der Waals surface area contributed by atoms with E-state index >= 15 is 0 Å². The van der Waals surface area contributed by atoms with Gasteiger partial charge in [-0.2, -0.15) is 0 Å². The van der Waals surface area contributed by atoms with Crippen LogP contribution in [0.3, 0.4) is 0 Å². The number of hydrogen-bond donors (Lipinski definition) is 3. The first kappa shape index (κ1) is 25.4. The first-order valence-corrected chi connectivity index (χ1v) is 12.8. The minimum atomic E-state index is -0.805. The summed E-state index contributed by atoms with van der Waals surface area (Å²) in [5.74, 6) is -0.652. The normalized spacial score (nSPS) is 23.6. The highest BCUT2D eigenvalue weighted by atomic mass is 35.5. The van der Waals surface area contributed by atoms with Crippen molar-refractivity contribution in [3.8, 4) is 0 Å². The third kappa shape index (κ3) is 5.10. The Labute approximate surface area is 220 Å². The number of rotatable bonds is 6. The van der Waals surface area contributed by atoms with E-state index in [1.54, 1.807) is 30.5 Å². The summed E-state index contributed by atoms with van der Waals surface area (Å²) in [7, 11) is 1.86. The predicted molar refractivity (Wildman–Crippen MR) is 141 cm³/mol. The number of allylic oxidation sites excluding steroid dienone is 1. The van der Waals surface area contributed by atoms with E-state index in [2.05, 4.69) is 20.9 Å². The fourth-order valence-electron chi connectivity index (χ4n) is 5.30. The second-order valence-corrected chi connectivity index (χ2v) is 10.4. The number of anilines is 1. The van der Waals surface area contributed by atoms with Crippen LogP contribution in [0.5, 0.6) is 0 Å². The highest BCUT2D eigenvalue weighted by Gasteiger charge is 2.49. The van der Waals surface area contributed by atoms with Gasteiger partial charge < -0.3 is 20.9 Å². The number of pyridine rings is 1. The van der Waals surface area contributed by atoms with Gasteiger partial charge in [-0.15, -0.1) is 0 Å². The Bertz CT molecular complexity index is 1250. The Morgan fingerprint density at radius 2 is 2.05 bits per heavy atom. The molecule has 3 aliphatic heterocycles. The number of aliphatic imine (C=N–C) groups is 1. The van der Waals surface area contributed by atoms with Crippen molar-refractivity contribution in [2.24, 2.45) is 10.9 Å². The number of piperidine rings is 1. The fraction of sp³-hybridized carbons (Fsp3) is 0.407. The van der Waals surface area contributed by atoms with Gasteiger partial charge in [-0.3, -0.25) is 14.6 Å². The van der Waals surface area contributed by atoms with E-state index in [0.29, 0.717) is 23.8 Å². The number of carbonyl (C=O) groups excluding carboxylic acids is 2. The third-order valence-electron chi connectivity index (χ3n) is 7.40. The molecule has 0 saturated carbocycles. The van der Waals surface area contributed by atoms with E-state index in [1.165, 1.54) is 6.07 Å². The molecule has 1 aromatic carbocycles. The van der Waals surface area contributed by atoms with Crippen molar-refractivity contribution in [1.29, 1.82) is 0 Å². The minimum absolute atomic E-state index is 0.0606. The molecule has 2 atom stereocenters. The number of likely N-dealkylation sites (N-methyl/N-ethyl adjacent to an activating group) is 1. The zero-order valence-corrected chi connectivity index (χ0v) is 21.6. The molecule has 10 heteroatoms. The second kappa shape index (κ2) is 10.2. The van der Waals surface area contributed by atoms with Crippen LogP contribution in [0.15, 0.2) is 53.3 Å². The van der Waals surface area contributed by atoms with Crippen LogP contribution in [0.25, 0.3) is 0 Å². The Morgan fingerprint density at radius 1 is 1.27 bits per heavy atom. The van der Waals surface area contributed by atoms with E-state index < -0.39 is 17.3 Å². The first-order chi connectivity index (χ1) is 17.7. The lowest BCUT2D eigenvalue weighted by Gasteiger charge is -2.32. The molecule has 37 heavy (non-hydrogen) atoms. The molecule has 2 saturated heterocycles. The number of nitrogens with zero attached hydrogens (tertiary/aromatic N) is 3. The van der Waals surface area contributed by atoms with Crippen LogP contribution in [-0.4, -0.2) is 65.7 Å². The number of carbonyl (C=O) groups is 2. The van der Waals surface area contributed by atoms with Gasteiger partial charge in [0.05, 0.1) is 28.3 Å². The standard InChI is InChI=1S/C27H30ClFN6O2/c1-27-15-32-26(37)25(27)21(13-20(34-27)24-18(28)4-3-5-19(24)29)33-22-7-6-16(14-31-22)12-23(36)35(2)17-8-10-30-11-9-17/h3-7,13-14,17,25,30H,8-12,15H2,1-2H3,(H,31,33)(H,32,37). The van der Waals surface area contributed by atoms with Crippen LogP contribution in [0.4, 0.5) is 10.2 Å². The lowest BCUT2D eigenvalue weighted by molar-refractivity contribution is -0.131. The summed E-state index contributed by atoms with van der Waals surface area (Å²) in [6.07, 6.45) is 5.50. The summed E-state index contributed by atoms with van der Waals surface area (Å²) in [6, 6.07) is 8.37. The van der Waals surface area contributed by atoms with Crippen molar-refractivity contribution in [2.45, 2.75) is 37.8 Å². The molecule has 8 nitrogen and oxygen atoms in total. The lowest BCUT2D eigenvalue weighted by atomic mass is 9.82. The molecule has 3 aliphatic rings. The predicted octanol–water partition coefficient (Wildman–Crippen LogP) is 2.93. The van der Waals surface area contributed by atoms with E-state index in [-0.39, 0.29) is 34.9 Å². The molecule has 0 spiro atoms. The number of benzene rings is 1. The van der Waals surface area contributed by atoms with Crippen LogP contribution in [0.1, 0.15) is 30.9 Å². The van der Waals surface area contributed by atoms with Crippen LogP contribution >= 0.6 is 11.6 Å². The van der Waals surface area contributed by atoms with Crippen molar-refractivity contribution >= 4 is 34.9 Å². The average Bonchev–Trinajstić information content (AvgIpc) is 3.19. The SMILES string of the molecule is CN(C(=O)Cc1ccc(NC2=CC(c3c(F)cccc3Cl)=NC3(C)CNC(=O)C23)nc1)C1CCNCC1. The molecule has 0 aliphatic carbocycles. The Morgan fingerprint density at radius 3 is 2.76 bits per heavy atom. The van der Waals surface area contributed by atoms with Gasteiger partial charge in [0.15, 0.2) is 0 Å². The van der Waals surface area contributed by atoms with Gasteiger partial charge in [0.25, 0.3) is 0 Å². The van der Waals surface area contributed by atoms with E-state index in [9.17, 15) is 14.0 Å². The maximum atomic E-state index is 14.7. The molecule has 1 aromatic heterocycles. The Hall–Kier alpha value is -3.30. The van der Waals surface area contributed by atoms with Gasteiger partial charge in [-0.1, -0.05) is 23.7 Å². The van der Waals surface area contributed by atoms with Gasteiger partial charge in [-0.25, -0.2) is 9.37 Å². The van der Waals surface area contributed by atoms with E-state index in [1.807, 2.05) is 24.9 Å². The van der Waals surface area contributed by atoms with Crippen LogP contribution in [-0.2, 0) is 16.0 Å². The average molecular weight is 525 g/mol. The highest BCUT2D eigenvalue weighted by molar-refractivity contribution is 6.35. The largest absolute Gasteiger partial charge is 0.353 e. The zero-order valence-electron chi connectivity index (χ0n) is 20.9. The monoisotopic (exact) mass is 524 g/mol. The number of aromatic nitrogens is 1. The maximum Gasteiger partial charge on any atom is 0.231 e. The summed E-state index contributed by atoms with van der Waals surface area (Å²) in [5, 5.41) is 9.67. The van der Waals surface area contributed by atoms with E-state index in [4.69, 9.17) is 16.6 Å². The van der Waals surface area contributed by atoms with Crippen molar-refractivity contribution in [3.05, 3.63) is 70.3 Å². The van der Waals surface area contributed by atoms with Crippen molar-refractivity contribution in [3.63, 3.8) is 0 Å². The van der Waals surface area contributed by atoms with Gasteiger partial charge in [0.1, 0.15) is 17.6 Å². The minimum Gasteiger partial charge on any atom is -0.353 e. The summed E-state index contributed by atoms with van der Waals surface area (Å²) < 4.78 is 14.7. The van der Waals surface area contributed by atoms with Crippen LogP contribution in [0.2, 0.25) is 5.02 Å². The smallest absolute Gasteiger partial charge is 0.231 e. The molecule has 0 radical (unpaired) electrons. The lowest BCUT2D eigenvalue weighted by Crippen LogP contribution is -2.44. The first-order valence-electron chi connectivity index (χ1n) is 12.5. The molecular formula is C27H30ClFN6O2. The fourth-order valence-corrected chi connectivity index (χ4v) is 5.56. The molecule has 4 heterocycles. The van der Waals surface area contributed by atoms with Crippen LogP contribution < -0.4 is 16.0 Å². The van der Waals surface area contributed by atoms with Gasteiger partial charge >= 0.3 is 0 Å². The molecule has 2 unspecified atom stereocenters. The molecule has 2 fully saturated rings. The van der Waals surface area contributed by atoms with E-state index in [0.717, 1.165) is 31.5 Å². The van der Waals surface area contributed by atoms with Crippen molar-refractivity contribution in [1.82, 2.24) is 20.5 Å². The molecule has 2 aromatic rings. The molecule has 194 valence electrons. The number of dihydropyridines is 1. The summed E-state index contributed by atoms with van der Waals surface area (Å²) in [6.45, 7) is 4.03. The van der Waals surface area contributed by atoms with Crippen LogP contribution in [0, 0.1) is 11.7 Å². The number of hydrogen-bond acceptors (Lipinski definition) is 6. The van der Waals surface area contributed by atoms with Crippen molar-refractivity contribution < 1.29 is 14.0 Å². The highest BCUT2D eigenvalue weighted by Crippen LogP contribution is 2.38. The van der Waals surface area contributed by atoms with Crippen molar-refractivity contribution in [2.75, 3.05) is 32.0 Å². The van der Waals surface area contributed by atoms with Gasteiger partial charge in [0.2, 0.25) is 11.8 Å². The summed E-state index contributed by atoms with van der Waals surface area (Å²) >= 11 is 6.32. The summed E-state index contributed by atoms with van der Waals surface area (Å²) in [5.41, 5.74) is 1.12. The van der Waals surface area contributed by atoms with Gasteiger partial charge in [0, 0.05) is 31.5 Å². The number of amides is 2. The quantitative estimate of drug-likeness (QED) is 0.540. The second-order valence-electron chi connectivity index (χ2n) is 10.0. The molecular weight excluding hydrogens is 495 g/mol. The Balaban J connectivity index is 1.35. The number of nitrogens with one attached hydrogen (secondary N) is 3. The molecule has 0 bridgehead atoms. The zero-order chi connectivity index (χ0) is 26.2. The molecule has 5 rings (SSSR count). The van der Waals surface area contributed by atoms with Gasteiger partial charge in [-0.05, 0) is 62.7 Å². The Kier molecular flexibility index (Phi) is 7.00. The number of fused-ring (bicyclic) bond motifs is 1. The number of halogens is 2. The third-order valence-corrected chi connectivity index (χ3v) is 7.72.